The molecule has 2 heterocycles. The number of hydrogen-bond acceptors (Lipinski definition) is 2. The first-order valence-electron chi connectivity index (χ1n) is 6.42. The van der Waals surface area contributed by atoms with Gasteiger partial charge in [-0.15, -0.1) is 0 Å². The van der Waals surface area contributed by atoms with Gasteiger partial charge in [0.1, 0.15) is 5.82 Å². The lowest BCUT2D eigenvalue weighted by Crippen LogP contribution is -2.19. The van der Waals surface area contributed by atoms with Crippen molar-refractivity contribution in [1.29, 1.82) is 0 Å². The highest BCUT2D eigenvalue weighted by molar-refractivity contribution is 9.11. The molecule has 0 atom stereocenters. The Bertz CT molecular complexity index is 598. The molecule has 3 rings (SSSR count). The van der Waals surface area contributed by atoms with Crippen LogP contribution in [0.25, 0.3) is 0 Å². The second-order valence-electron chi connectivity index (χ2n) is 4.70. The molecule has 4 heteroatoms. The van der Waals surface area contributed by atoms with Crippen molar-refractivity contribution in [2.45, 2.75) is 19.3 Å². The van der Waals surface area contributed by atoms with Crippen molar-refractivity contribution in [2.75, 3.05) is 11.4 Å². The van der Waals surface area contributed by atoms with Crippen LogP contribution in [-0.4, -0.2) is 11.5 Å². The van der Waals surface area contributed by atoms with Crippen LogP contribution in [0.15, 0.2) is 45.5 Å². The zero-order valence-electron chi connectivity index (χ0n) is 10.4. The van der Waals surface area contributed by atoms with E-state index in [1.165, 1.54) is 24.1 Å². The predicted octanol–water partition coefficient (Wildman–Crippen LogP) is 5.08. The fraction of sp³-hybridized carbons (Fsp3) is 0.267. The van der Waals surface area contributed by atoms with Gasteiger partial charge in [-0.05, 0) is 68.8 Å². The number of aromatic nitrogens is 1. The van der Waals surface area contributed by atoms with Crippen LogP contribution in [-0.2, 0) is 6.42 Å². The molecule has 0 aliphatic carbocycles. The molecule has 1 aromatic heterocycles. The maximum absolute atomic E-state index is 4.57. The summed E-state index contributed by atoms with van der Waals surface area (Å²) in [6.45, 7) is 1.02. The minimum Gasteiger partial charge on any atom is -0.325 e. The van der Waals surface area contributed by atoms with E-state index < -0.39 is 0 Å². The largest absolute Gasteiger partial charge is 0.325 e. The van der Waals surface area contributed by atoms with E-state index in [1.807, 2.05) is 6.20 Å². The lowest BCUT2D eigenvalue weighted by Gasteiger charge is -2.25. The van der Waals surface area contributed by atoms with Crippen molar-refractivity contribution >= 4 is 43.4 Å². The van der Waals surface area contributed by atoms with E-state index in [0.29, 0.717) is 0 Å². The summed E-state index contributed by atoms with van der Waals surface area (Å²) in [5.74, 6) is 0.998. The molecule has 0 saturated heterocycles. The van der Waals surface area contributed by atoms with E-state index >= 15 is 0 Å². The smallest absolute Gasteiger partial charge is 0.147 e. The summed E-state index contributed by atoms with van der Waals surface area (Å²) in [5.41, 5.74) is 2.70. The van der Waals surface area contributed by atoms with E-state index in [0.717, 1.165) is 27.7 Å². The Labute approximate surface area is 130 Å². The topological polar surface area (TPSA) is 16.1 Å². The van der Waals surface area contributed by atoms with Gasteiger partial charge in [0.25, 0.3) is 0 Å². The van der Waals surface area contributed by atoms with Crippen LogP contribution in [0.1, 0.15) is 18.4 Å². The molecule has 1 aliphatic rings. The molecular formula is C15H14Br2N2. The highest BCUT2D eigenvalue weighted by atomic mass is 79.9. The predicted molar refractivity (Wildman–Crippen MR) is 86.0 cm³/mol. The zero-order chi connectivity index (χ0) is 13.2. The number of hydrogen-bond donors (Lipinski definition) is 0. The molecule has 0 unspecified atom stereocenters. The highest BCUT2D eigenvalue weighted by Gasteiger charge is 2.19. The van der Waals surface area contributed by atoms with Crippen LogP contribution in [0.2, 0.25) is 0 Å². The van der Waals surface area contributed by atoms with Crippen LogP contribution in [0, 0.1) is 0 Å². The second-order valence-corrected chi connectivity index (χ2v) is 6.47. The van der Waals surface area contributed by atoms with E-state index in [2.05, 4.69) is 72.1 Å². The number of rotatable bonds is 1. The third kappa shape index (κ3) is 2.70. The van der Waals surface area contributed by atoms with Gasteiger partial charge in [0.15, 0.2) is 0 Å². The SMILES string of the molecule is Brc1cnc(N2CCCCc3ccccc32)c(Br)c1. The summed E-state index contributed by atoms with van der Waals surface area (Å²) < 4.78 is 2.02. The Morgan fingerprint density at radius 2 is 1.95 bits per heavy atom. The van der Waals surface area contributed by atoms with Gasteiger partial charge in [-0.25, -0.2) is 4.98 Å². The van der Waals surface area contributed by atoms with Gasteiger partial charge in [-0.1, -0.05) is 18.2 Å². The Morgan fingerprint density at radius 3 is 2.79 bits per heavy atom. The fourth-order valence-corrected chi connectivity index (χ4v) is 3.72. The highest BCUT2D eigenvalue weighted by Crippen LogP contribution is 2.35. The number of halogens is 2. The molecule has 0 N–H and O–H groups in total. The van der Waals surface area contributed by atoms with Crippen molar-refractivity contribution in [3.63, 3.8) is 0 Å². The monoisotopic (exact) mass is 380 g/mol. The van der Waals surface area contributed by atoms with Crippen LogP contribution in [0.4, 0.5) is 11.5 Å². The Hall–Kier alpha value is -0.870. The molecule has 0 fully saturated rings. The summed E-state index contributed by atoms with van der Waals surface area (Å²) in [4.78, 5) is 6.89. The molecule has 0 radical (unpaired) electrons. The Morgan fingerprint density at radius 1 is 1.11 bits per heavy atom. The Balaban J connectivity index is 2.09. The van der Waals surface area contributed by atoms with Crippen molar-refractivity contribution in [3.05, 3.63) is 51.0 Å². The molecule has 1 aromatic carbocycles. The summed E-state index contributed by atoms with van der Waals surface area (Å²) in [7, 11) is 0. The molecule has 0 bridgehead atoms. The van der Waals surface area contributed by atoms with Crippen molar-refractivity contribution in [2.24, 2.45) is 0 Å². The van der Waals surface area contributed by atoms with Crippen LogP contribution < -0.4 is 4.90 Å². The minimum absolute atomic E-state index is 0.992. The average molecular weight is 382 g/mol. The van der Waals surface area contributed by atoms with Crippen molar-refractivity contribution < 1.29 is 0 Å². The first-order chi connectivity index (χ1) is 9.25. The van der Waals surface area contributed by atoms with Crippen LogP contribution in [0.3, 0.4) is 0 Å². The van der Waals surface area contributed by atoms with Gasteiger partial charge in [0.05, 0.1) is 4.47 Å². The summed E-state index contributed by atoms with van der Waals surface area (Å²) in [6.07, 6.45) is 5.44. The fourth-order valence-electron chi connectivity index (χ4n) is 2.52. The van der Waals surface area contributed by atoms with Crippen molar-refractivity contribution in [3.8, 4) is 0 Å². The molecule has 0 amide bonds. The summed E-state index contributed by atoms with van der Waals surface area (Å²) >= 11 is 7.08. The number of nitrogens with zero attached hydrogens (tertiary/aromatic N) is 2. The maximum atomic E-state index is 4.57. The van der Waals surface area contributed by atoms with E-state index in [-0.39, 0.29) is 0 Å². The molecule has 98 valence electrons. The van der Waals surface area contributed by atoms with E-state index in [9.17, 15) is 0 Å². The maximum Gasteiger partial charge on any atom is 0.147 e. The number of aryl methyl sites for hydroxylation is 1. The lowest BCUT2D eigenvalue weighted by molar-refractivity contribution is 0.757. The molecule has 0 saturated carbocycles. The quantitative estimate of drug-likeness (QED) is 0.684. The number of anilines is 2. The molecule has 19 heavy (non-hydrogen) atoms. The summed E-state index contributed by atoms with van der Waals surface area (Å²) in [6, 6.07) is 10.7. The van der Waals surface area contributed by atoms with E-state index in [1.54, 1.807) is 0 Å². The standard InChI is InChI=1S/C15H14Br2N2/c16-12-9-13(17)15(18-10-12)19-8-4-3-6-11-5-1-2-7-14(11)19/h1-2,5,7,9-10H,3-4,6,8H2. The van der Waals surface area contributed by atoms with Crippen LogP contribution >= 0.6 is 31.9 Å². The van der Waals surface area contributed by atoms with Gasteiger partial charge >= 0.3 is 0 Å². The van der Waals surface area contributed by atoms with Crippen LogP contribution in [0.5, 0.6) is 0 Å². The normalized spacial score (nSPS) is 14.9. The average Bonchev–Trinajstić information content (AvgIpc) is 2.61. The molecule has 2 aromatic rings. The van der Waals surface area contributed by atoms with Gasteiger partial charge in [-0.2, -0.15) is 0 Å². The lowest BCUT2D eigenvalue weighted by atomic mass is 10.1. The molecule has 1 aliphatic heterocycles. The van der Waals surface area contributed by atoms with Gasteiger partial charge in [0.2, 0.25) is 0 Å². The number of pyridine rings is 1. The zero-order valence-corrected chi connectivity index (χ0v) is 13.6. The minimum atomic E-state index is 0.992. The van der Waals surface area contributed by atoms with E-state index in [4.69, 9.17) is 0 Å². The third-order valence-corrected chi connectivity index (χ3v) is 4.42. The Kier molecular flexibility index (Phi) is 3.89. The molecular weight excluding hydrogens is 368 g/mol. The third-order valence-electron chi connectivity index (χ3n) is 3.40. The van der Waals surface area contributed by atoms with Gasteiger partial charge in [-0.3, -0.25) is 0 Å². The number of fused-ring (bicyclic) bond motifs is 1. The number of para-hydroxylation sites is 1. The number of benzene rings is 1. The second kappa shape index (κ2) is 5.63. The summed E-state index contributed by atoms with van der Waals surface area (Å²) in [5, 5.41) is 0. The molecule has 2 nitrogen and oxygen atoms in total. The first kappa shape index (κ1) is 13.1. The van der Waals surface area contributed by atoms with Gasteiger partial charge < -0.3 is 4.90 Å². The van der Waals surface area contributed by atoms with Crippen molar-refractivity contribution in [1.82, 2.24) is 4.98 Å². The molecule has 0 spiro atoms. The van der Waals surface area contributed by atoms with Gasteiger partial charge in [0, 0.05) is 22.9 Å². The first-order valence-corrected chi connectivity index (χ1v) is 8.01.